The van der Waals surface area contributed by atoms with Gasteiger partial charge in [-0.2, -0.15) is 0 Å². The average molecular weight is 358 g/mol. The highest BCUT2D eigenvalue weighted by Crippen LogP contribution is 2.71. The molecule has 2 N–H and O–H groups in total. The molecule has 0 radical (unpaired) electrons. The molecule has 1 fully saturated rings. The molecule has 0 spiro atoms. The van der Waals surface area contributed by atoms with Gasteiger partial charge in [0.25, 0.3) is 0 Å². The number of allylic oxidation sites excluding steroid dienone is 4. The summed E-state index contributed by atoms with van der Waals surface area (Å²) in [7, 11) is 0. The fraction of sp³-hybridized carbons (Fsp3) is 0.591. The van der Waals surface area contributed by atoms with Crippen molar-refractivity contribution in [2.75, 3.05) is 6.61 Å². The van der Waals surface area contributed by atoms with Gasteiger partial charge in [0, 0.05) is 28.2 Å². The summed E-state index contributed by atoms with van der Waals surface area (Å²) < 4.78 is 6.55. The van der Waals surface area contributed by atoms with E-state index in [-0.39, 0.29) is 41.0 Å². The number of hydrogen-bond donors (Lipinski definition) is 2. The number of aliphatic carboxylic acids is 1. The molecule has 0 amide bonds. The van der Waals surface area contributed by atoms with E-state index in [1.807, 2.05) is 19.1 Å². The molecule has 0 aromatic rings. The molecule has 142 valence electrons. The number of hydrogen-bond acceptors (Lipinski definition) is 3. The number of aliphatic hydroxyl groups is 1. The normalized spacial score (nSPS) is 44.9. The Bertz CT molecular complexity index is 758. The topological polar surface area (TPSA) is 66.8 Å². The summed E-state index contributed by atoms with van der Waals surface area (Å²) in [5.41, 5.74) is 2.45. The van der Waals surface area contributed by atoms with Crippen molar-refractivity contribution in [2.45, 2.75) is 53.8 Å². The Morgan fingerprint density at radius 2 is 1.88 bits per heavy atom. The zero-order chi connectivity index (χ0) is 19.5. The molecule has 0 aromatic heterocycles. The summed E-state index contributed by atoms with van der Waals surface area (Å²) in [6.45, 7) is 12.7. The van der Waals surface area contributed by atoms with E-state index in [0.717, 1.165) is 11.1 Å². The van der Waals surface area contributed by atoms with Crippen LogP contribution >= 0.6 is 0 Å². The Labute approximate surface area is 155 Å². The van der Waals surface area contributed by atoms with Crippen LogP contribution in [-0.4, -0.2) is 35.0 Å². The highest BCUT2D eigenvalue weighted by molar-refractivity contribution is 5.80. The lowest BCUT2D eigenvalue weighted by Gasteiger charge is -2.52. The van der Waals surface area contributed by atoms with Crippen LogP contribution in [0.1, 0.15) is 41.5 Å². The molecule has 1 saturated heterocycles. The van der Waals surface area contributed by atoms with Gasteiger partial charge in [-0.25, -0.2) is 4.79 Å². The van der Waals surface area contributed by atoms with Crippen LogP contribution in [0.15, 0.2) is 47.1 Å². The monoisotopic (exact) mass is 358 g/mol. The first-order valence-electron chi connectivity index (χ1n) is 9.27. The molecule has 26 heavy (non-hydrogen) atoms. The average Bonchev–Trinajstić information content (AvgIpc) is 2.89. The minimum Gasteiger partial charge on any atom is -0.478 e. The Kier molecular flexibility index (Phi) is 4.36. The van der Waals surface area contributed by atoms with Gasteiger partial charge in [0.05, 0.1) is 18.8 Å². The van der Waals surface area contributed by atoms with E-state index >= 15 is 0 Å². The maximum Gasteiger partial charge on any atom is 0.328 e. The maximum atomic E-state index is 11.2. The molecule has 0 bridgehead atoms. The van der Waals surface area contributed by atoms with Crippen LogP contribution in [0, 0.1) is 22.2 Å². The zero-order valence-electron chi connectivity index (χ0n) is 16.5. The number of carboxylic acid groups (broad SMARTS) is 1. The van der Waals surface area contributed by atoms with Crippen molar-refractivity contribution >= 4 is 5.97 Å². The van der Waals surface area contributed by atoms with E-state index < -0.39 is 5.97 Å². The molecule has 0 aromatic carbocycles. The summed E-state index contributed by atoms with van der Waals surface area (Å²) in [4.78, 5) is 11.2. The Morgan fingerprint density at radius 1 is 1.23 bits per heavy atom. The van der Waals surface area contributed by atoms with Gasteiger partial charge >= 0.3 is 5.97 Å². The van der Waals surface area contributed by atoms with E-state index in [9.17, 15) is 9.90 Å². The van der Waals surface area contributed by atoms with Crippen molar-refractivity contribution in [2.24, 2.45) is 22.2 Å². The number of rotatable bonds is 4. The van der Waals surface area contributed by atoms with Gasteiger partial charge in [-0.05, 0) is 31.9 Å². The van der Waals surface area contributed by atoms with E-state index in [4.69, 9.17) is 9.84 Å². The van der Waals surface area contributed by atoms with Crippen molar-refractivity contribution in [1.29, 1.82) is 0 Å². The summed E-state index contributed by atoms with van der Waals surface area (Å²) >= 11 is 0. The fourth-order valence-electron chi connectivity index (χ4n) is 6.27. The van der Waals surface area contributed by atoms with E-state index in [1.54, 1.807) is 0 Å². The van der Waals surface area contributed by atoms with Gasteiger partial charge in [-0.1, -0.05) is 50.6 Å². The number of carbonyl (C=O) groups is 1. The predicted octanol–water partition coefficient (Wildman–Crippen LogP) is 3.89. The number of aliphatic hydroxyl groups excluding tert-OH is 1. The molecular weight excluding hydrogens is 328 g/mol. The van der Waals surface area contributed by atoms with Crippen molar-refractivity contribution in [3.63, 3.8) is 0 Å². The molecule has 0 saturated carbocycles. The van der Waals surface area contributed by atoms with Gasteiger partial charge in [0.2, 0.25) is 0 Å². The number of carboxylic acids is 1. The zero-order valence-corrected chi connectivity index (χ0v) is 16.5. The Morgan fingerprint density at radius 3 is 2.42 bits per heavy atom. The van der Waals surface area contributed by atoms with E-state index in [0.29, 0.717) is 0 Å². The van der Waals surface area contributed by atoms with Crippen molar-refractivity contribution < 1.29 is 19.7 Å². The molecule has 4 nitrogen and oxygen atoms in total. The third-order valence-corrected chi connectivity index (χ3v) is 7.15. The summed E-state index contributed by atoms with van der Waals surface area (Å²) in [6, 6.07) is 0. The highest BCUT2D eigenvalue weighted by atomic mass is 16.5. The molecule has 3 rings (SSSR count). The second kappa shape index (κ2) is 5.93. The lowest BCUT2D eigenvalue weighted by molar-refractivity contribution is -0.131. The third-order valence-electron chi connectivity index (χ3n) is 7.15. The van der Waals surface area contributed by atoms with Crippen LogP contribution in [0.5, 0.6) is 0 Å². The minimum atomic E-state index is -0.927. The van der Waals surface area contributed by atoms with Crippen molar-refractivity contribution in [3.8, 4) is 0 Å². The SMILES string of the molecule is C/C=C(/CO)[C@@H]1O[C@H]2C(C)=C[C@@](C)(/C=C/C(=O)O)[C@H]3C(C)=C[C@]1(C)[C@@]23C. The molecule has 2 aliphatic carbocycles. The van der Waals surface area contributed by atoms with Crippen molar-refractivity contribution in [1.82, 2.24) is 0 Å². The van der Waals surface area contributed by atoms with Crippen LogP contribution in [0.25, 0.3) is 0 Å². The molecule has 0 unspecified atom stereocenters. The van der Waals surface area contributed by atoms with Crippen LogP contribution < -0.4 is 0 Å². The lowest BCUT2D eigenvalue weighted by atomic mass is 9.50. The first kappa shape index (κ1) is 19.1. The van der Waals surface area contributed by atoms with Gasteiger partial charge in [-0.15, -0.1) is 0 Å². The highest BCUT2D eigenvalue weighted by Gasteiger charge is 2.71. The first-order valence-corrected chi connectivity index (χ1v) is 9.27. The molecule has 3 aliphatic rings. The standard InChI is InChI=1S/C22H30O4/c1-7-15(12-23)19-21(5)11-13(2)17-20(4,9-8-16(24)25)10-14(3)18(26-19)22(17,21)6/h7-11,17-19,23H,12H2,1-6H3,(H,24,25)/b9-8+,15-7-/t17-,18+,19+,20-,21+,22-/m1/s1. The molecule has 1 aliphatic heterocycles. The largest absolute Gasteiger partial charge is 0.478 e. The third kappa shape index (κ3) is 2.25. The molecule has 4 heteroatoms. The minimum absolute atomic E-state index is 0.0178. The molecule has 1 heterocycles. The first-order chi connectivity index (χ1) is 12.0. The van der Waals surface area contributed by atoms with Crippen LogP contribution in [0.4, 0.5) is 0 Å². The predicted molar refractivity (Wildman–Crippen MR) is 102 cm³/mol. The quantitative estimate of drug-likeness (QED) is 0.591. The Hall–Kier alpha value is -1.65. The van der Waals surface area contributed by atoms with Gasteiger partial charge in [0.1, 0.15) is 0 Å². The molecular formula is C22H30O4. The smallest absolute Gasteiger partial charge is 0.328 e. The van der Waals surface area contributed by atoms with Gasteiger partial charge in [0.15, 0.2) is 0 Å². The second-order valence-electron chi connectivity index (χ2n) is 8.73. The van der Waals surface area contributed by atoms with Gasteiger partial charge < -0.3 is 14.9 Å². The second-order valence-corrected chi connectivity index (χ2v) is 8.73. The molecule has 6 atom stereocenters. The number of ether oxygens (including phenoxy) is 1. The Balaban J connectivity index is 2.20. The fourth-order valence-corrected chi connectivity index (χ4v) is 6.27. The van der Waals surface area contributed by atoms with Gasteiger partial charge in [-0.3, -0.25) is 0 Å². The van der Waals surface area contributed by atoms with Crippen LogP contribution in [-0.2, 0) is 9.53 Å². The summed E-state index contributed by atoms with van der Waals surface area (Å²) in [6.07, 6.45) is 9.28. The van der Waals surface area contributed by atoms with E-state index in [2.05, 4.69) is 46.8 Å². The summed E-state index contributed by atoms with van der Waals surface area (Å²) in [5.74, 6) is -0.782. The summed E-state index contributed by atoms with van der Waals surface area (Å²) in [5, 5.41) is 19.0. The lowest BCUT2D eigenvalue weighted by Crippen LogP contribution is -2.51. The maximum absolute atomic E-state index is 11.2. The van der Waals surface area contributed by atoms with E-state index in [1.165, 1.54) is 11.6 Å². The van der Waals surface area contributed by atoms with Crippen LogP contribution in [0.2, 0.25) is 0 Å². The van der Waals surface area contributed by atoms with Crippen molar-refractivity contribution in [3.05, 3.63) is 47.1 Å². The van der Waals surface area contributed by atoms with Crippen LogP contribution in [0.3, 0.4) is 0 Å².